The SMILES string of the molecule is Cc1cccc(C)c1NC1CC(=O)N(c2ccc(Br)cc2)C1=O. The first-order valence-electron chi connectivity index (χ1n) is 7.42. The quantitative estimate of drug-likeness (QED) is 0.833. The summed E-state index contributed by atoms with van der Waals surface area (Å²) in [5, 5.41) is 3.25. The van der Waals surface area contributed by atoms with Gasteiger partial charge in [0, 0.05) is 10.2 Å². The fourth-order valence-electron chi connectivity index (χ4n) is 2.82. The average Bonchev–Trinajstić information content (AvgIpc) is 2.79. The summed E-state index contributed by atoms with van der Waals surface area (Å²) in [4.78, 5) is 26.2. The van der Waals surface area contributed by atoms with E-state index in [0.29, 0.717) is 5.69 Å². The molecule has 2 amide bonds. The number of carbonyl (C=O) groups excluding carboxylic acids is 2. The van der Waals surface area contributed by atoms with Crippen molar-refractivity contribution in [1.82, 2.24) is 0 Å². The molecule has 1 fully saturated rings. The summed E-state index contributed by atoms with van der Waals surface area (Å²) in [5.41, 5.74) is 3.66. The molecule has 1 aliphatic heterocycles. The van der Waals surface area contributed by atoms with Gasteiger partial charge in [-0.1, -0.05) is 34.1 Å². The van der Waals surface area contributed by atoms with Gasteiger partial charge in [-0.05, 0) is 49.2 Å². The molecule has 2 aromatic rings. The van der Waals surface area contributed by atoms with Crippen molar-refractivity contribution in [2.45, 2.75) is 26.3 Å². The molecule has 1 N–H and O–H groups in total. The van der Waals surface area contributed by atoms with Crippen LogP contribution in [-0.2, 0) is 9.59 Å². The number of nitrogens with one attached hydrogen (secondary N) is 1. The third-order valence-corrected chi connectivity index (χ3v) is 4.56. The maximum absolute atomic E-state index is 12.7. The highest BCUT2D eigenvalue weighted by Gasteiger charge is 2.39. The van der Waals surface area contributed by atoms with E-state index in [4.69, 9.17) is 0 Å². The number of carbonyl (C=O) groups is 2. The first-order valence-corrected chi connectivity index (χ1v) is 8.22. The molecule has 0 radical (unpaired) electrons. The van der Waals surface area contributed by atoms with Crippen LogP contribution < -0.4 is 10.2 Å². The normalized spacial score (nSPS) is 17.7. The summed E-state index contributed by atoms with van der Waals surface area (Å²) in [7, 11) is 0. The fourth-order valence-corrected chi connectivity index (χ4v) is 3.09. The number of rotatable bonds is 3. The predicted molar refractivity (Wildman–Crippen MR) is 94.6 cm³/mol. The zero-order chi connectivity index (χ0) is 16.6. The largest absolute Gasteiger partial charge is 0.373 e. The monoisotopic (exact) mass is 372 g/mol. The lowest BCUT2D eigenvalue weighted by molar-refractivity contribution is -0.121. The molecule has 5 heteroatoms. The summed E-state index contributed by atoms with van der Waals surface area (Å²) < 4.78 is 0.908. The maximum Gasteiger partial charge on any atom is 0.256 e. The molecule has 1 heterocycles. The molecule has 1 aliphatic rings. The van der Waals surface area contributed by atoms with Gasteiger partial charge < -0.3 is 5.32 Å². The van der Waals surface area contributed by atoms with Crippen molar-refractivity contribution >= 4 is 39.1 Å². The molecular weight excluding hydrogens is 356 g/mol. The number of aryl methyl sites for hydroxylation is 2. The standard InChI is InChI=1S/C18H17BrN2O2/c1-11-4-3-5-12(2)17(11)20-15-10-16(22)21(18(15)23)14-8-6-13(19)7-9-14/h3-9,15,20H,10H2,1-2H3. The van der Waals surface area contributed by atoms with E-state index in [1.165, 1.54) is 4.90 Å². The van der Waals surface area contributed by atoms with Gasteiger partial charge in [0.05, 0.1) is 12.1 Å². The molecular formula is C18H17BrN2O2. The van der Waals surface area contributed by atoms with Gasteiger partial charge in [0.25, 0.3) is 5.91 Å². The molecule has 2 aromatic carbocycles. The highest BCUT2D eigenvalue weighted by molar-refractivity contribution is 9.10. The van der Waals surface area contributed by atoms with Crippen LogP contribution in [0.25, 0.3) is 0 Å². The zero-order valence-corrected chi connectivity index (χ0v) is 14.6. The minimum Gasteiger partial charge on any atom is -0.373 e. The van der Waals surface area contributed by atoms with E-state index in [-0.39, 0.29) is 18.2 Å². The van der Waals surface area contributed by atoms with Crippen LogP contribution in [0.4, 0.5) is 11.4 Å². The third kappa shape index (κ3) is 3.01. The number of hydrogen-bond donors (Lipinski definition) is 1. The number of nitrogens with zero attached hydrogens (tertiary/aromatic N) is 1. The van der Waals surface area contributed by atoms with E-state index in [0.717, 1.165) is 21.3 Å². The molecule has 1 atom stereocenters. The lowest BCUT2D eigenvalue weighted by atomic mass is 10.1. The molecule has 3 rings (SSSR count). The Morgan fingerprint density at radius 1 is 1.04 bits per heavy atom. The Morgan fingerprint density at radius 2 is 1.65 bits per heavy atom. The Labute approximate surface area is 143 Å². The number of anilines is 2. The van der Waals surface area contributed by atoms with Crippen molar-refractivity contribution in [2.24, 2.45) is 0 Å². The smallest absolute Gasteiger partial charge is 0.256 e. The van der Waals surface area contributed by atoms with Crippen LogP contribution in [-0.4, -0.2) is 17.9 Å². The highest BCUT2D eigenvalue weighted by atomic mass is 79.9. The van der Waals surface area contributed by atoms with Gasteiger partial charge in [0.2, 0.25) is 5.91 Å². The van der Waals surface area contributed by atoms with Crippen molar-refractivity contribution in [3.63, 3.8) is 0 Å². The third-order valence-electron chi connectivity index (χ3n) is 4.03. The van der Waals surface area contributed by atoms with Crippen molar-refractivity contribution < 1.29 is 9.59 Å². The van der Waals surface area contributed by atoms with Crippen LogP contribution in [0.15, 0.2) is 46.9 Å². The molecule has 0 saturated carbocycles. The van der Waals surface area contributed by atoms with E-state index in [1.807, 2.05) is 44.2 Å². The first kappa shape index (κ1) is 15.7. The van der Waals surface area contributed by atoms with Gasteiger partial charge in [0.15, 0.2) is 0 Å². The minimum atomic E-state index is -0.522. The summed E-state index contributed by atoms with van der Waals surface area (Å²) in [6, 6.07) is 12.6. The molecule has 0 aliphatic carbocycles. The van der Waals surface area contributed by atoms with Crippen LogP contribution in [0.2, 0.25) is 0 Å². The molecule has 0 aromatic heterocycles. The number of halogens is 1. The van der Waals surface area contributed by atoms with Crippen molar-refractivity contribution in [2.75, 3.05) is 10.2 Å². The molecule has 0 spiro atoms. The number of para-hydroxylation sites is 1. The van der Waals surface area contributed by atoms with Gasteiger partial charge in [-0.25, -0.2) is 4.90 Å². The van der Waals surface area contributed by atoms with Crippen LogP contribution >= 0.6 is 15.9 Å². The summed E-state index contributed by atoms with van der Waals surface area (Å²) >= 11 is 3.36. The fraction of sp³-hybridized carbons (Fsp3) is 0.222. The molecule has 0 bridgehead atoms. The number of imide groups is 1. The van der Waals surface area contributed by atoms with Crippen molar-refractivity contribution in [3.05, 3.63) is 58.1 Å². The Balaban J connectivity index is 1.85. The maximum atomic E-state index is 12.7. The summed E-state index contributed by atoms with van der Waals surface area (Å²) in [6.45, 7) is 3.98. The van der Waals surface area contributed by atoms with E-state index < -0.39 is 6.04 Å². The second-order valence-corrected chi connectivity index (χ2v) is 6.63. The topological polar surface area (TPSA) is 49.4 Å². The number of benzene rings is 2. The summed E-state index contributed by atoms with van der Waals surface area (Å²) in [6.07, 6.45) is 0.169. The van der Waals surface area contributed by atoms with Gasteiger partial charge in [0.1, 0.15) is 6.04 Å². The Kier molecular flexibility index (Phi) is 4.22. The van der Waals surface area contributed by atoms with Crippen molar-refractivity contribution in [1.29, 1.82) is 0 Å². The number of hydrogen-bond acceptors (Lipinski definition) is 3. The number of amides is 2. The second kappa shape index (κ2) is 6.16. The van der Waals surface area contributed by atoms with Gasteiger partial charge in [-0.15, -0.1) is 0 Å². The average molecular weight is 373 g/mol. The molecule has 1 unspecified atom stereocenters. The van der Waals surface area contributed by atoms with Gasteiger partial charge in [-0.3, -0.25) is 9.59 Å². The molecule has 23 heavy (non-hydrogen) atoms. The minimum absolute atomic E-state index is 0.169. The lowest BCUT2D eigenvalue weighted by Crippen LogP contribution is -2.35. The van der Waals surface area contributed by atoms with E-state index in [1.54, 1.807) is 12.1 Å². The van der Waals surface area contributed by atoms with Crippen LogP contribution in [0.5, 0.6) is 0 Å². The predicted octanol–water partition coefficient (Wildman–Crippen LogP) is 3.81. The van der Waals surface area contributed by atoms with Gasteiger partial charge >= 0.3 is 0 Å². The Morgan fingerprint density at radius 3 is 2.26 bits per heavy atom. The van der Waals surface area contributed by atoms with Crippen LogP contribution in [0.3, 0.4) is 0 Å². The first-order chi connectivity index (χ1) is 11.0. The Bertz CT molecular complexity index is 751. The Hall–Kier alpha value is -2.14. The van der Waals surface area contributed by atoms with E-state index in [9.17, 15) is 9.59 Å². The van der Waals surface area contributed by atoms with E-state index in [2.05, 4.69) is 21.2 Å². The molecule has 118 valence electrons. The summed E-state index contributed by atoms with van der Waals surface area (Å²) in [5.74, 6) is -0.388. The molecule has 4 nitrogen and oxygen atoms in total. The van der Waals surface area contributed by atoms with Crippen LogP contribution in [0.1, 0.15) is 17.5 Å². The van der Waals surface area contributed by atoms with Gasteiger partial charge in [-0.2, -0.15) is 0 Å². The van der Waals surface area contributed by atoms with Crippen molar-refractivity contribution in [3.8, 4) is 0 Å². The zero-order valence-electron chi connectivity index (χ0n) is 13.0. The second-order valence-electron chi connectivity index (χ2n) is 5.71. The molecule has 1 saturated heterocycles. The van der Waals surface area contributed by atoms with Crippen LogP contribution in [0, 0.1) is 13.8 Å². The van der Waals surface area contributed by atoms with E-state index >= 15 is 0 Å². The lowest BCUT2D eigenvalue weighted by Gasteiger charge is -2.18. The highest BCUT2D eigenvalue weighted by Crippen LogP contribution is 2.28.